The lowest BCUT2D eigenvalue weighted by molar-refractivity contribution is -0.140. The molecule has 4 rings (SSSR count). The largest absolute Gasteiger partial charge is 0.437 e. The van der Waals surface area contributed by atoms with Gasteiger partial charge < -0.3 is 8.82 Å². The quantitative estimate of drug-likeness (QED) is 0.379. The van der Waals surface area contributed by atoms with Crippen molar-refractivity contribution in [2.24, 2.45) is 0 Å². The van der Waals surface area contributed by atoms with E-state index in [4.69, 9.17) is 4.42 Å². The topological polar surface area (TPSA) is 60.4 Å². The molecule has 0 bridgehead atoms. The minimum Gasteiger partial charge on any atom is -0.422 e. The molecule has 0 spiro atoms. The van der Waals surface area contributed by atoms with Crippen molar-refractivity contribution in [3.63, 3.8) is 0 Å². The van der Waals surface area contributed by atoms with Gasteiger partial charge in [-0.3, -0.25) is 0 Å². The molecule has 0 atom stereocenters. The first-order valence-electron chi connectivity index (χ1n) is 7.40. The Kier molecular flexibility index (Phi) is 3.36. The molecule has 0 aliphatic rings. The lowest BCUT2D eigenvalue weighted by Gasteiger charge is -2.07. The Balaban J connectivity index is 1.98. The second kappa shape index (κ2) is 5.38. The van der Waals surface area contributed by atoms with Gasteiger partial charge in [-0.15, -0.1) is 0 Å². The van der Waals surface area contributed by atoms with E-state index in [-0.39, 0.29) is 22.5 Å². The van der Waals surface area contributed by atoms with E-state index in [0.717, 1.165) is 10.5 Å². The van der Waals surface area contributed by atoms with Crippen LogP contribution in [-0.2, 0) is 6.18 Å². The zero-order valence-corrected chi connectivity index (χ0v) is 13.1. The predicted octanol–water partition coefficient (Wildman–Crippen LogP) is 3.97. The van der Waals surface area contributed by atoms with Crippen molar-refractivity contribution >= 4 is 16.6 Å². The summed E-state index contributed by atoms with van der Waals surface area (Å²) in [5.41, 5.74) is -2.23. The summed E-state index contributed by atoms with van der Waals surface area (Å²) in [5, 5.41) is 0.420. The van der Waals surface area contributed by atoms with Crippen molar-refractivity contribution in [1.82, 2.24) is 14.4 Å². The number of benzene rings is 1. The monoisotopic (exact) mass is 363 g/mol. The summed E-state index contributed by atoms with van der Waals surface area (Å²) in [6.07, 6.45) is -2.03. The van der Waals surface area contributed by atoms with Gasteiger partial charge in [0.2, 0.25) is 0 Å². The highest BCUT2D eigenvalue weighted by Gasteiger charge is 2.36. The summed E-state index contributed by atoms with van der Waals surface area (Å²) in [5.74, 6) is -0.572. The van der Waals surface area contributed by atoms with Gasteiger partial charge in [0.1, 0.15) is 11.4 Å². The van der Waals surface area contributed by atoms with Gasteiger partial charge in [-0.2, -0.15) is 13.2 Å². The number of rotatable bonds is 1. The Morgan fingerprint density at radius 3 is 2.62 bits per heavy atom. The average molecular weight is 363 g/mol. The lowest BCUT2D eigenvalue weighted by atomic mass is 10.1. The molecule has 4 aromatic rings. The Morgan fingerprint density at radius 1 is 1.12 bits per heavy atom. The number of aromatic nitrogens is 3. The number of aryl methyl sites for hydroxylation is 1. The van der Waals surface area contributed by atoms with Gasteiger partial charge in [0.25, 0.3) is 0 Å². The molecule has 0 aliphatic carbocycles. The molecule has 0 saturated heterocycles. The second-order valence-electron chi connectivity index (χ2n) is 5.72. The highest BCUT2D eigenvalue weighted by atomic mass is 19.4. The highest BCUT2D eigenvalue weighted by Crippen LogP contribution is 2.32. The molecule has 0 unspecified atom stereocenters. The zero-order valence-electron chi connectivity index (χ0n) is 13.1. The molecule has 0 fully saturated rings. The van der Waals surface area contributed by atoms with E-state index in [1.165, 1.54) is 37.5 Å². The lowest BCUT2D eigenvalue weighted by Crippen LogP contribution is -2.11. The van der Waals surface area contributed by atoms with Crippen LogP contribution in [0.5, 0.6) is 0 Å². The van der Waals surface area contributed by atoms with Crippen LogP contribution in [-0.4, -0.2) is 14.4 Å². The molecule has 132 valence electrons. The molecular weight excluding hydrogens is 354 g/mol. The molecule has 1 aromatic carbocycles. The first kappa shape index (κ1) is 16.2. The number of hydrogen-bond acceptors (Lipinski definition) is 4. The SMILES string of the molecule is Cc1cn2cc(-c3cc4ccc(F)cc4oc3=O)nc2c(C(F)(F)F)n1. The summed E-state index contributed by atoms with van der Waals surface area (Å²) in [6, 6.07) is 5.04. The summed E-state index contributed by atoms with van der Waals surface area (Å²) in [7, 11) is 0. The third kappa shape index (κ3) is 2.61. The third-order valence-corrected chi connectivity index (χ3v) is 3.80. The molecule has 0 N–H and O–H groups in total. The summed E-state index contributed by atoms with van der Waals surface area (Å²) in [6.45, 7) is 1.42. The molecule has 0 radical (unpaired) electrons. The van der Waals surface area contributed by atoms with Crippen molar-refractivity contribution in [3.05, 3.63) is 64.3 Å². The maximum atomic E-state index is 13.2. The van der Waals surface area contributed by atoms with E-state index in [1.54, 1.807) is 0 Å². The van der Waals surface area contributed by atoms with E-state index in [2.05, 4.69) is 9.97 Å². The normalized spacial score (nSPS) is 12.2. The minimum absolute atomic E-state index is 0.00266. The van der Waals surface area contributed by atoms with Crippen LogP contribution in [0.15, 0.2) is 45.9 Å². The molecule has 26 heavy (non-hydrogen) atoms. The molecular formula is C17H9F4N3O2. The Hall–Kier alpha value is -3.23. The summed E-state index contributed by atoms with van der Waals surface area (Å²) in [4.78, 5) is 19.6. The number of fused-ring (bicyclic) bond motifs is 2. The third-order valence-electron chi connectivity index (χ3n) is 3.80. The van der Waals surface area contributed by atoms with Gasteiger partial charge in [0.15, 0.2) is 11.3 Å². The molecule has 0 saturated carbocycles. The molecule has 0 amide bonds. The summed E-state index contributed by atoms with van der Waals surface area (Å²) < 4.78 is 59.1. The zero-order chi connectivity index (χ0) is 18.6. The fraction of sp³-hybridized carbons (Fsp3) is 0.118. The molecule has 5 nitrogen and oxygen atoms in total. The van der Waals surface area contributed by atoms with Crippen molar-refractivity contribution in [3.8, 4) is 11.3 Å². The second-order valence-corrected chi connectivity index (χ2v) is 5.72. The summed E-state index contributed by atoms with van der Waals surface area (Å²) >= 11 is 0. The van der Waals surface area contributed by atoms with Crippen LogP contribution in [0.2, 0.25) is 0 Å². The fourth-order valence-electron chi connectivity index (χ4n) is 2.71. The van der Waals surface area contributed by atoms with Crippen LogP contribution in [0.3, 0.4) is 0 Å². The smallest absolute Gasteiger partial charge is 0.422 e. The van der Waals surface area contributed by atoms with Crippen molar-refractivity contribution in [2.75, 3.05) is 0 Å². The number of hydrogen-bond donors (Lipinski definition) is 0. The standard InChI is InChI=1S/C17H9F4N3O2/c1-8-6-24-7-12(23-15(24)14(22-8)17(19,20)21)11-4-9-2-3-10(18)5-13(9)26-16(11)25/h2-7H,1H3. The van der Waals surface area contributed by atoms with E-state index in [1.807, 2.05) is 0 Å². The fourth-order valence-corrected chi connectivity index (χ4v) is 2.71. The maximum absolute atomic E-state index is 13.2. The van der Waals surface area contributed by atoms with Gasteiger partial charge >= 0.3 is 11.8 Å². The van der Waals surface area contributed by atoms with E-state index in [9.17, 15) is 22.4 Å². The van der Waals surface area contributed by atoms with Crippen LogP contribution in [0.1, 0.15) is 11.4 Å². The van der Waals surface area contributed by atoms with E-state index >= 15 is 0 Å². The van der Waals surface area contributed by atoms with Crippen molar-refractivity contribution in [1.29, 1.82) is 0 Å². The Bertz CT molecular complexity index is 1220. The van der Waals surface area contributed by atoms with Gasteiger partial charge in [-0.25, -0.2) is 19.2 Å². The number of nitrogens with zero attached hydrogens (tertiary/aromatic N) is 3. The van der Waals surface area contributed by atoms with Crippen LogP contribution in [0.4, 0.5) is 17.6 Å². The van der Waals surface area contributed by atoms with Gasteiger partial charge in [0.05, 0.1) is 17.0 Å². The van der Waals surface area contributed by atoms with Crippen LogP contribution in [0, 0.1) is 12.7 Å². The van der Waals surface area contributed by atoms with Crippen LogP contribution >= 0.6 is 0 Å². The predicted molar refractivity (Wildman–Crippen MR) is 84.2 cm³/mol. The molecule has 9 heteroatoms. The first-order valence-corrected chi connectivity index (χ1v) is 7.40. The Labute approximate surface area is 142 Å². The minimum atomic E-state index is -4.69. The van der Waals surface area contributed by atoms with E-state index in [0.29, 0.717) is 5.39 Å². The molecule has 0 aliphatic heterocycles. The molecule has 3 aromatic heterocycles. The molecule has 3 heterocycles. The van der Waals surface area contributed by atoms with Crippen LogP contribution in [0.25, 0.3) is 27.9 Å². The van der Waals surface area contributed by atoms with Crippen molar-refractivity contribution in [2.45, 2.75) is 13.1 Å². The maximum Gasteiger partial charge on any atom is 0.437 e. The van der Waals surface area contributed by atoms with Gasteiger partial charge in [0, 0.05) is 23.8 Å². The number of halogens is 4. The first-order chi connectivity index (χ1) is 12.2. The number of imidazole rings is 1. The average Bonchev–Trinajstić information content (AvgIpc) is 2.95. The van der Waals surface area contributed by atoms with Gasteiger partial charge in [-0.05, 0) is 25.1 Å². The van der Waals surface area contributed by atoms with Gasteiger partial charge in [-0.1, -0.05) is 0 Å². The van der Waals surface area contributed by atoms with Crippen molar-refractivity contribution < 1.29 is 22.0 Å². The highest BCUT2D eigenvalue weighted by molar-refractivity contribution is 5.81. The number of alkyl halides is 3. The van der Waals surface area contributed by atoms with E-state index < -0.39 is 29.0 Å². The van der Waals surface area contributed by atoms with Crippen LogP contribution < -0.4 is 5.63 Å². The Morgan fingerprint density at radius 2 is 1.88 bits per heavy atom.